The summed E-state index contributed by atoms with van der Waals surface area (Å²) in [6, 6.07) is 11.7. The van der Waals surface area contributed by atoms with E-state index in [1.807, 2.05) is 12.1 Å². The molecule has 2 aromatic rings. The van der Waals surface area contributed by atoms with Gasteiger partial charge in [-0.15, -0.1) is 0 Å². The first-order valence-electron chi connectivity index (χ1n) is 6.56. The van der Waals surface area contributed by atoms with Crippen LogP contribution >= 0.6 is 27.5 Å². The molecule has 0 saturated heterocycles. The molecule has 0 bridgehead atoms. The summed E-state index contributed by atoms with van der Waals surface area (Å²) in [7, 11) is 1.28. The molecule has 0 fully saturated rings. The Morgan fingerprint density at radius 3 is 2.65 bits per heavy atom. The van der Waals surface area contributed by atoms with Crippen LogP contribution in [0.4, 0.5) is 5.69 Å². The number of carbonyl (C=O) groups is 2. The molecule has 1 N–H and O–H groups in total. The number of hydrogen-bond acceptors (Lipinski definition) is 4. The molecule has 0 spiro atoms. The third-order valence-electron chi connectivity index (χ3n) is 2.86. The van der Waals surface area contributed by atoms with Gasteiger partial charge in [0, 0.05) is 0 Å². The quantitative estimate of drug-likeness (QED) is 0.776. The maximum absolute atomic E-state index is 12.0. The molecule has 7 heteroatoms. The predicted molar refractivity (Wildman–Crippen MR) is 91.1 cm³/mol. The number of para-hydroxylation sites is 1. The standard InChI is InChI=1S/C16H13BrClNO4/c1-22-16(21)10-6-7-12(18)13(8-10)19-15(20)9-23-14-5-3-2-4-11(14)17/h2-8H,9H2,1H3,(H,19,20). The van der Waals surface area contributed by atoms with Gasteiger partial charge in [-0.1, -0.05) is 23.7 Å². The van der Waals surface area contributed by atoms with E-state index in [0.717, 1.165) is 4.47 Å². The van der Waals surface area contributed by atoms with Gasteiger partial charge >= 0.3 is 5.97 Å². The molecular weight excluding hydrogens is 386 g/mol. The molecule has 0 heterocycles. The van der Waals surface area contributed by atoms with Crippen molar-refractivity contribution in [3.8, 4) is 5.75 Å². The van der Waals surface area contributed by atoms with Crippen molar-refractivity contribution in [1.29, 1.82) is 0 Å². The van der Waals surface area contributed by atoms with Crippen molar-refractivity contribution >= 4 is 45.1 Å². The van der Waals surface area contributed by atoms with Crippen LogP contribution in [0.25, 0.3) is 0 Å². The normalized spacial score (nSPS) is 10.0. The van der Waals surface area contributed by atoms with E-state index in [2.05, 4.69) is 26.0 Å². The Kier molecular flexibility index (Phi) is 6.01. The van der Waals surface area contributed by atoms with Crippen LogP contribution in [0, 0.1) is 0 Å². The zero-order chi connectivity index (χ0) is 16.8. The molecule has 0 radical (unpaired) electrons. The molecule has 1 amide bonds. The van der Waals surface area contributed by atoms with Crippen LogP contribution in [-0.4, -0.2) is 25.6 Å². The fourth-order valence-electron chi connectivity index (χ4n) is 1.76. The van der Waals surface area contributed by atoms with Gasteiger partial charge in [-0.2, -0.15) is 0 Å². The van der Waals surface area contributed by atoms with Crippen molar-refractivity contribution in [2.24, 2.45) is 0 Å². The number of ether oxygens (including phenoxy) is 2. The van der Waals surface area contributed by atoms with Gasteiger partial charge in [-0.25, -0.2) is 4.79 Å². The lowest BCUT2D eigenvalue weighted by Gasteiger charge is -2.10. The van der Waals surface area contributed by atoms with Gasteiger partial charge < -0.3 is 14.8 Å². The summed E-state index contributed by atoms with van der Waals surface area (Å²) in [6.07, 6.45) is 0. The average Bonchev–Trinajstić information content (AvgIpc) is 2.55. The third kappa shape index (κ3) is 4.71. The lowest BCUT2D eigenvalue weighted by atomic mass is 10.2. The summed E-state index contributed by atoms with van der Waals surface area (Å²) >= 11 is 9.34. The van der Waals surface area contributed by atoms with Crippen LogP contribution < -0.4 is 10.1 Å². The monoisotopic (exact) mass is 397 g/mol. The number of methoxy groups -OCH3 is 1. The maximum atomic E-state index is 12.0. The summed E-state index contributed by atoms with van der Waals surface area (Å²) in [6.45, 7) is -0.193. The Hall–Kier alpha value is -2.05. The molecule has 2 rings (SSSR count). The van der Waals surface area contributed by atoms with E-state index in [-0.39, 0.29) is 6.61 Å². The van der Waals surface area contributed by atoms with E-state index in [1.165, 1.54) is 25.3 Å². The van der Waals surface area contributed by atoms with E-state index in [9.17, 15) is 9.59 Å². The van der Waals surface area contributed by atoms with Crippen LogP contribution in [0.1, 0.15) is 10.4 Å². The molecule has 0 aliphatic carbocycles. The first-order chi connectivity index (χ1) is 11.0. The second-order valence-corrected chi connectivity index (χ2v) is 5.72. The highest BCUT2D eigenvalue weighted by molar-refractivity contribution is 9.10. The number of hydrogen-bond donors (Lipinski definition) is 1. The van der Waals surface area contributed by atoms with Gasteiger partial charge in [0.15, 0.2) is 6.61 Å². The van der Waals surface area contributed by atoms with Crippen LogP contribution in [-0.2, 0) is 9.53 Å². The lowest BCUT2D eigenvalue weighted by molar-refractivity contribution is -0.118. The highest BCUT2D eigenvalue weighted by Crippen LogP contribution is 2.25. The minimum absolute atomic E-state index is 0.193. The lowest BCUT2D eigenvalue weighted by Crippen LogP contribution is -2.20. The second-order valence-electron chi connectivity index (χ2n) is 4.45. The van der Waals surface area contributed by atoms with Gasteiger partial charge in [0.05, 0.1) is 27.9 Å². The van der Waals surface area contributed by atoms with Gasteiger partial charge in [0.2, 0.25) is 0 Å². The van der Waals surface area contributed by atoms with Gasteiger partial charge in [0.25, 0.3) is 5.91 Å². The summed E-state index contributed by atoms with van der Waals surface area (Å²) in [5.74, 6) is -0.358. The Bertz CT molecular complexity index is 736. The molecule has 120 valence electrons. The SMILES string of the molecule is COC(=O)c1ccc(Cl)c(NC(=O)COc2ccccc2Br)c1. The fraction of sp³-hybridized carbons (Fsp3) is 0.125. The molecule has 2 aromatic carbocycles. The van der Waals surface area contributed by atoms with E-state index in [4.69, 9.17) is 16.3 Å². The Balaban J connectivity index is 2.02. The highest BCUT2D eigenvalue weighted by Gasteiger charge is 2.12. The molecule has 0 atom stereocenters. The van der Waals surface area contributed by atoms with E-state index in [1.54, 1.807) is 12.1 Å². The first kappa shape index (κ1) is 17.3. The number of amides is 1. The minimum atomic E-state index is -0.512. The molecule has 23 heavy (non-hydrogen) atoms. The number of rotatable bonds is 5. The van der Waals surface area contributed by atoms with Crippen molar-refractivity contribution in [2.45, 2.75) is 0 Å². The zero-order valence-corrected chi connectivity index (χ0v) is 14.5. The Labute approximate surface area is 146 Å². The van der Waals surface area contributed by atoms with E-state index in [0.29, 0.717) is 22.0 Å². The van der Waals surface area contributed by atoms with Gasteiger partial charge in [-0.3, -0.25) is 4.79 Å². The van der Waals surface area contributed by atoms with Crippen LogP contribution in [0.3, 0.4) is 0 Å². The molecule has 0 aliphatic heterocycles. The first-order valence-corrected chi connectivity index (χ1v) is 7.73. The van der Waals surface area contributed by atoms with Crippen molar-refractivity contribution in [3.63, 3.8) is 0 Å². The average molecular weight is 399 g/mol. The number of nitrogens with one attached hydrogen (secondary N) is 1. The second kappa shape index (κ2) is 7.99. The van der Waals surface area contributed by atoms with E-state index >= 15 is 0 Å². The topological polar surface area (TPSA) is 64.6 Å². The maximum Gasteiger partial charge on any atom is 0.337 e. The Morgan fingerprint density at radius 1 is 1.22 bits per heavy atom. The molecule has 0 unspecified atom stereocenters. The van der Waals surface area contributed by atoms with Gasteiger partial charge in [-0.05, 0) is 46.3 Å². The third-order valence-corrected chi connectivity index (χ3v) is 3.84. The predicted octanol–water partition coefficient (Wildman–Crippen LogP) is 3.91. The molecule has 0 aromatic heterocycles. The summed E-state index contributed by atoms with van der Waals surface area (Å²) < 4.78 is 10.8. The van der Waals surface area contributed by atoms with Crippen molar-refractivity contribution < 1.29 is 19.1 Å². The summed E-state index contributed by atoms with van der Waals surface area (Å²) in [5, 5.41) is 2.91. The van der Waals surface area contributed by atoms with Gasteiger partial charge in [0.1, 0.15) is 5.75 Å². The largest absolute Gasteiger partial charge is 0.483 e. The number of carbonyl (C=O) groups excluding carboxylic acids is 2. The number of esters is 1. The smallest absolute Gasteiger partial charge is 0.337 e. The number of benzene rings is 2. The highest BCUT2D eigenvalue weighted by atomic mass is 79.9. The van der Waals surface area contributed by atoms with Crippen LogP contribution in [0.15, 0.2) is 46.9 Å². The zero-order valence-electron chi connectivity index (χ0n) is 12.1. The van der Waals surface area contributed by atoms with Crippen LogP contribution in [0.2, 0.25) is 5.02 Å². The van der Waals surface area contributed by atoms with Crippen molar-refractivity contribution in [2.75, 3.05) is 19.0 Å². The number of halogens is 2. The number of anilines is 1. The summed E-state index contributed by atoms with van der Waals surface area (Å²) in [5.41, 5.74) is 0.606. The van der Waals surface area contributed by atoms with Crippen molar-refractivity contribution in [1.82, 2.24) is 0 Å². The van der Waals surface area contributed by atoms with Crippen LogP contribution in [0.5, 0.6) is 5.75 Å². The fourth-order valence-corrected chi connectivity index (χ4v) is 2.32. The molecule has 5 nitrogen and oxygen atoms in total. The van der Waals surface area contributed by atoms with E-state index < -0.39 is 11.9 Å². The minimum Gasteiger partial charge on any atom is -0.483 e. The molecule has 0 aliphatic rings. The van der Waals surface area contributed by atoms with Crippen molar-refractivity contribution in [3.05, 3.63) is 57.5 Å². The molecular formula is C16H13BrClNO4. The Morgan fingerprint density at radius 2 is 1.96 bits per heavy atom. The molecule has 0 saturated carbocycles. The summed E-state index contributed by atoms with van der Waals surface area (Å²) in [4.78, 5) is 23.5.